The van der Waals surface area contributed by atoms with E-state index in [9.17, 15) is 4.79 Å². The number of amides is 1. The highest BCUT2D eigenvalue weighted by Crippen LogP contribution is 2.30. The van der Waals surface area contributed by atoms with Gasteiger partial charge in [0.2, 0.25) is 5.91 Å². The predicted octanol–water partition coefficient (Wildman–Crippen LogP) is 1.73. The molecule has 0 aliphatic heterocycles. The van der Waals surface area contributed by atoms with Gasteiger partial charge in [0.1, 0.15) is 5.75 Å². The summed E-state index contributed by atoms with van der Waals surface area (Å²) in [7, 11) is 1.64. The van der Waals surface area contributed by atoms with Gasteiger partial charge in [0, 0.05) is 6.54 Å². The van der Waals surface area contributed by atoms with Crippen LogP contribution in [0.25, 0.3) is 0 Å². The molecule has 4 heteroatoms. The molecule has 110 valence electrons. The van der Waals surface area contributed by atoms with Crippen LogP contribution in [0.5, 0.6) is 5.75 Å². The van der Waals surface area contributed by atoms with Crippen molar-refractivity contribution in [1.29, 1.82) is 0 Å². The first-order valence-electron chi connectivity index (χ1n) is 7.32. The fraction of sp³-hybridized carbons (Fsp3) is 0.562. The average molecular weight is 276 g/mol. The summed E-state index contributed by atoms with van der Waals surface area (Å²) in [6.07, 6.45) is 4.05. The van der Waals surface area contributed by atoms with Gasteiger partial charge in [0.25, 0.3) is 0 Å². The molecule has 0 bridgehead atoms. The molecule has 0 heterocycles. The molecule has 1 aromatic carbocycles. The van der Waals surface area contributed by atoms with Crippen LogP contribution in [0.4, 0.5) is 0 Å². The van der Waals surface area contributed by atoms with Crippen LogP contribution < -0.4 is 15.8 Å². The van der Waals surface area contributed by atoms with E-state index >= 15 is 0 Å². The largest absolute Gasteiger partial charge is 0.497 e. The van der Waals surface area contributed by atoms with Crippen molar-refractivity contribution in [3.63, 3.8) is 0 Å². The standard InChI is InChI=1S/C16H24N2O2/c1-20-15-7-5-12(6-8-15)9-16(19)18-11-14-4-2-3-13(14)10-17/h5-8,13-14H,2-4,9-11,17H2,1H3,(H,18,19). The summed E-state index contributed by atoms with van der Waals surface area (Å²) in [6.45, 7) is 1.50. The van der Waals surface area contributed by atoms with Crippen LogP contribution in [0.15, 0.2) is 24.3 Å². The Morgan fingerprint density at radius 2 is 2.00 bits per heavy atom. The number of hydrogen-bond donors (Lipinski definition) is 2. The molecule has 0 spiro atoms. The Kier molecular flexibility index (Phi) is 5.41. The maximum Gasteiger partial charge on any atom is 0.224 e. The second kappa shape index (κ2) is 7.29. The second-order valence-corrected chi connectivity index (χ2v) is 5.52. The van der Waals surface area contributed by atoms with Crippen LogP contribution >= 0.6 is 0 Å². The van der Waals surface area contributed by atoms with Gasteiger partial charge in [-0.15, -0.1) is 0 Å². The van der Waals surface area contributed by atoms with Gasteiger partial charge < -0.3 is 15.8 Å². The number of benzene rings is 1. The molecule has 1 amide bonds. The summed E-state index contributed by atoms with van der Waals surface area (Å²) in [6, 6.07) is 7.61. The van der Waals surface area contributed by atoms with E-state index in [0.717, 1.165) is 24.4 Å². The lowest BCUT2D eigenvalue weighted by molar-refractivity contribution is -0.120. The monoisotopic (exact) mass is 276 g/mol. The number of hydrogen-bond acceptors (Lipinski definition) is 3. The summed E-state index contributed by atoms with van der Waals surface area (Å²) >= 11 is 0. The van der Waals surface area contributed by atoms with E-state index in [0.29, 0.717) is 18.3 Å². The Morgan fingerprint density at radius 3 is 2.65 bits per heavy atom. The van der Waals surface area contributed by atoms with Crippen molar-refractivity contribution in [3.05, 3.63) is 29.8 Å². The summed E-state index contributed by atoms with van der Waals surface area (Å²) in [5.74, 6) is 2.03. The van der Waals surface area contributed by atoms with E-state index in [1.807, 2.05) is 24.3 Å². The van der Waals surface area contributed by atoms with Crippen molar-refractivity contribution in [3.8, 4) is 5.75 Å². The smallest absolute Gasteiger partial charge is 0.224 e. The SMILES string of the molecule is COc1ccc(CC(=O)NCC2CCCC2CN)cc1. The molecule has 2 unspecified atom stereocenters. The van der Waals surface area contributed by atoms with Gasteiger partial charge in [0.15, 0.2) is 0 Å². The minimum absolute atomic E-state index is 0.0813. The number of rotatable bonds is 6. The molecule has 3 N–H and O–H groups in total. The molecule has 1 aromatic rings. The molecule has 1 fully saturated rings. The summed E-state index contributed by atoms with van der Waals surface area (Å²) in [5.41, 5.74) is 6.76. The van der Waals surface area contributed by atoms with Crippen molar-refractivity contribution in [1.82, 2.24) is 5.32 Å². The fourth-order valence-corrected chi connectivity index (χ4v) is 2.93. The molecule has 2 atom stereocenters. The minimum atomic E-state index is 0.0813. The summed E-state index contributed by atoms with van der Waals surface area (Å²) in [4.78, 5) is 11.9. The van der Waals surface area contributed by atoms with Gasteiger partial charge >= 0.3 is 0 Å². The van der Waals surface area contributed by atoms with Gasteiger partial charge in [0.05, 0.1) is 13.5 Å². The quantitative estimate of drug-likeness (QED) is 0.831. The molecule has 1 aliphatic carbocycles. The Morgan fingerprint density at radius 1 is 1.30 bits per heavy atom. The van der Waals surface area contributed by atoms with Crippen LogP contribution in [-0.2, 0) is 11.2 Å². The lowest BCUT2D eigenvalue weighted by Gasteiger charge is -2.18. The average Bonchev–Trinajstić information content (AvgIpc) is 2.93. The summed E-state index contributed by atoms with van der Waals surface area (Å²) < 4.78 is 5.10. The topological polar surface area (TPSA) is 64.3 Å². The lowest BCUT2D eigenvalue weighted by atomic mass is 9.96. The van der Waals surface area contributed by atoms with Crippen molar-refractivity contribution in [2.75, 3.05) is 20.2 Å². The number of nitrogens with two attached hydrogens (primary N) is 1. The van der Waals surface area contributed by atoms with E-state index in [-0.39, 0.29) is 5.91 Å². The third-order valence-corrected chi connectivity index (χ3v) is 4.20. The maximum atomic E-state index is 11.9. The first kappa shape index (κ1) is 14.9. The molecule has 1 saturated carbocycles. The van der Waals surface area contributed by atoms with E-state index in [1.165, 1.54) is 19.3 Å². The molecular weight excluding hydrogens is 252 g/mol. The van der Waals surface area contributed by atoms with E-state index in [4.69, 9.17) is 10.5 Å². The number of nitrogens with one attached hydrogen (secondary N) is 1. The maximum absolute atomic E-state index is 11.9. The van der Waals surface area contributed by atoms with E-state index < -0.39 is 0 Å². The molecule has 1 aliphatic rings. The second-order valence-electron chi connectivity index (χ2n) is 5.52. The van der Waals surface area contributed by atoms with Gasteiger partial charge in [-0.1, -0.05) is 18.6 Å². The normalized spacial score (nSPS) is 21.7. The fourth-order valence-electron chi connectivity index (χ4n) is 2.93. The van der Waals surface area contributed by atoms with Crippen molar-refractivity contribution in [2.24, 2.45) is 17.6 Å². The number of carbonyl (C=O) groups is 1. The Bertz CT molecular complexity index is 431. The van der Waals surface area contributed by atoms with Gasteiger partial charge in [-0.25, -0.2) is 0 Å². The molecule has 0 saturated heterocycles. The summed E-state index contributed by atoms with van der Waals surface area (Å²) in [5, 5.41) is 3.04. The van der Waals surface area contributed by atoms with E-state index in [1.54, 1.807) is 7.11 Å². The number of ether oxygens (including phenoxy) is 1. The zero-order valence-corrected chi connectivity index (χ0v) is 12.1. The van der Waals surface area contributed by atoms with Crippen molar-refractivity contribution in [2.45, 2.75) is 25.7 Å². The highest BCUT2D eigenvalue weighted by atomic mass is 16.5. The third kappa shape index (κ3) is 3.97. The third-order valence-electron chi connectivity index (χ3n) is 4.20. The van der Waals surface area contributed by atoms with Gasteiger partial charge in [-0.3, -0.25) is 4.79 Å². The highest BCUT2D eigenvalue weighted by molar-refractivity contribution is 5.78. The van der Waals surface area contributed by atoms with Crippen LogP contribution in [-0.4, -0.2) is 26.1 Å². The molecule has 20 heavy (non-hydrogen) atoms. The molecule has 0 radical (unpaired) electrons. The zero-order valence-electron chi connectivity index (χ0n) is 12.1. The van der Waals surface area contributed by atoms with Crippen LogP contribution in [0, 0.1) is 11.8 Å². The Balaban J connectivity index is 1.77. The minimum Gasteiger partial charge on any atom is -0.497 e. The van der Waals surface area contributed by atoms with Crippen molar-refractivity contribution >= 4 is 5.91 Å². The van der Waals surface area contributed by atoms with Crippen LogP contribution in [0.1, 0.15) is 24.8 Å². The van der Waals surface area contributed by atoms with E-state index in [2.05, 4.69) is 5.32 Å². The molecule has 4 nitrogen and oxygen atoms in total. The zero-order chi connectivity index (χ0) is 14.4. The molecule has 0 aromatic heterocycles. The Hall–Kier alpha value is -1.55. The van der Waals surface area contributed by atoms with Crippen LogP contribution in [0.3, 0.4) is 0 Å². The first-order chi connectivity index (χ1) is 9.72. The van der Waals surface area contributed by atoms with Gasteiger partial charge in [-0.2, -0.15) is 0 Å². The molecular formula is C16H24N2O2. The number of carbonyl (C=O) groups excluding carboxylic acids is 1. The lowest BCUT2D eigenvalue weighted by Crippen LogP contribution is -2.33. The molecule has 2 rings (SSSR count). The Labute approximate surface area is 120 Å². The van der Waals surface area contributed by atoms with Gasteiger partial charge in [-0.05, 0) is 48.9 Å². The highest BCUT2D eigenvalue weighted by Gasteiger charge is 2.26. The number of methoxy groups -OCH3 is 1. The first-order valence-corrected chi connectivity index (χ1v) is 7.32. The predicted molar refractivity (Wildman–Crippen MR) is 79.6 cm³/mol. The van der Waals surface area contributed by atoms with Crippen LogP contribution in [0.2, 0.25) is 0 Å². The van der Waals surface area contributed by atoms with Crippen molar-refractivity contribution < 1.29 is 9.53 Å².